The first kappa shape index (κ1) is 10.5. The fourth-order valence-corrected chi connectivity index (χ4v) is 0.718. The molecule has 1 rings (SSSR count). The van der Waals surface area contributed by atoms with Crippen molar-refractivity contribution in [2.24, 2.45) is 5.73 Å². The molecule has 1 amide bonds. The number of aliphatic hydroxyl groups excluding tert-OH is 1. The van der Waals surface area contributed by atoms with Gasteiger partial charge in [0, 0.05) is 12.6 Å². The Balaban J connectivity index is 2.36. The number of amides is 1. The van der Waals surface area contributed by atoms with E-state index in [1.807, 2.05) is 0 Å². The predicted octanol–water partition coefficient (Wildman–Crippen LogP) is -2.36. The number of rotatable bonds is 4. The third kappa shape index (κ3) is 2.75. The lowest BCUT2D eigenvalue weighted by molar-refractivity contribution is 0.0927. The summed E-state index contributed by atoms with van der Waals surface area (Å²) in [5.41, 5.74) is 5.49. The molecule has 5 N–H and O–H groups in total. The fraction of sp³-hybridized carbons (Fsp3) is 0.667. The number of nitrogens with one attached hydrogen (secondary N) is 2. The van der Waals surface area contributed by atoms with Crippen LogP contribution in [-0.4, -0.2) is 50.3 Å². The summed E-state index contributed by atoms with van der Waals surface area (Å²) in [6, 6.07) is -0.508. The van der Waals surface area contributed by atoms with Gasteiger partial charge in [-0.25, -0.2) is 0 Å². The highest BCUT2D eigenvalue weighted by Crippen LogP contribution is 1.88. The SMILES string of the molecule is CC(O)C(N)CNC(=O)c1nn[nH]n1. The zero-order valence-corrected chi connectivity index (χ0v) is 7.64. The minimum Gasteiger partial charge on any atom is -0.392 e. The Bertz CT molecular complexity index is 285. The lowest BCUT2D eigenvalue weighted by Gasteiger charge is -2.14. The van der Waals surface area contributed by atoms with Crippen LogP contribution < -0.4 is 11.1 Å². The van der Waals surface area contributed by atoms with Gasteiger partial charge in [-0.15, -0.1) is 10.2 Å². The Morgan fingerprint density at radius 3 is 3.00 bits per heavy atom. The van der Waals surface area contributed by atoms with Crippen molar-refractivity contribution in [2.75, 3.05) is 6.54 Å². The molecule has 0 saturated carbocycles. The molecule has 0 fully saturated rings. The molecular formula is C6H12N6O2. The van der Waals surface area contributed by atoms with Crippen molar-refractivity contribution in [1.29, 1.82) is 0 Å². The summed E-state index contributed by atoms with van der Waals surface area (Å²) >= 11 is 0. The maximum absolute atomic E-state index is 11.2. The summed E-state index contributed by atoms with van der Waals surface area (Å²) in [5.74, 6) is -0.530. The standard InChI is InChI=1S/C6H12N6O2/c1-3(13)4(7)2-8-6(14)5-9-11-12-10-5/h3-4,13H,2,7H2,1H3,(H,8,14)(H,9,10,11,12). The second-order valence-corrected chi connectivity index (χ2v) is 2.85. The highest BCUT2D eigenvalue weighted by molar-refractivity contribution is 5.90. The van der Waals surface area contributed by atoms with Crippen LogP contribution in [0.15, 0.2) is 0 Å². The van der Waals surface area contributed by atoms with Crippen LogP contribution in [0.25, 0.3) is 0 Å². The summed E-state index contributed by atoms with van der Waals surface area (Å²) < 4.78 is 0. The van der Waals surface area contributed by atoms with E-state index in [0.29, 0.717) is 0 Å². The third-order valence-electron chi connectivity index (χ3n) is 1.67. The van der Waals surface area contributed by atoms with Gasteiger partial charge in [-0.2, -0.15) is 5.21 Å². The summed E-state index contributed by atoms with van der Waals surface area (Å²) in [6.45, 7) is 1.70. The Morgan fingerprint density at radius 1 is 1.79 bits per heavy atom. The normalized spacial score (nSPS) is 14.8. The smallest absolute Gasteiger partial charge is 0.292 e. The number of nitrogens with two attached hydrogens (primary N) is 1. The summed E-state index contributed by atoms with van der Waals surface area (Å²) in [6.07, 6.45) is -0.680. The first-order valence-electron chi connectivity index (χ1n) is 4.06. The topological polar surface area (TPSA) is 130 Å². The van der Waals surface area contributed by atoms with Crippen molar-refractivity contribution in [3.63, 3.8) is 0 Å². The van der Waals surface area contributed by atoms with Gasteiger partial charge in [0.25, 0.3) is 11.7 Å². The van der Waals surface area contributed by atoms with Crippen LogP contribution in [0.3, 0.4) is 0 Å². The van der Waals surface area contributed by atoms with Crippen LogP contribution in [0.5, 0.6) is 0 Å². The van der Waals surface area contributed by atoms with Gasteiger partial charge in [-0.3, -0.25) is 4.79 Å². The van der Waals surface area contributed by atoms with E-state index in [1.54, 1.807) is 6.92 Å². The number of H-pyrrole nitrogens is 1. The average molecular weight is 200 g/mol. The van der Waals surface area contributed by atoms with E-state index in [0.717, 1.165) is 0 Å². The molecule has 0 aliphatic rings. The average Bonchev–Trinajstić information content (AvgIpc) is 2.66. The molecule has 8 heteroatoms. The summed E-state index contributed by atoms with van der Waals surface area (Å²) in [7, 11) is 0. The Labute approximate surface area is 79.9 Å². The van der Waals surface area contributed by atoms with Crippen molar-refractivity contribution >= 4 is 5.91 Å². The molecule has 0 aromatic carbocycles. The highest BCUT2D eigenvalue weighted by atomic mass is 16.3. The van der Waals surface area contributed by atoms with Gasteiger partial charge < -0.3 is 16.2 Å². The molecule has 8 nitrogen and oxygen atoms in total. The van der Waals surface area contributed by atoms with E-state index in [4.69, 9.17) is 10.8 Å². The molecule has 2 atom stereocenters. The minimum absolute atomic E-state index is 0.0530. The van der Waals surface area contributed by atoms with E-state index in [1.165, 1.54) is 0 Å². The van der Waals surface area contributed by atoms with Crippen molar-refractivity contribution in [1.82, 2.24) is 25.9 Å². The van der Waals surface area contributed by atoms with Crippen LogP contribution in [0.2, 0.25) is 0 Å². The highest BCUT2D eigenvalue weighted by Gasteiger charge is 2.14. The first-order chi connectivity index (χ1) is 6.61. The molecule has 14 heavy (non-hydrogen) atoms. The van der Waals surface area contributed by atoms with Gasteiger partial charge in [-0.05, 0) is 12.1 Å². The molecule has 0 spiro atoms. The van der Waals surface area contributed by atoms with Crippen LogP contribution in [0.4, 0.5) is 0 Å². The van der Waals surface area contributed by atoms with Gasteiger partial charge >= 0.3 is 0 Å². The number of aromatic nitrogens is 4. The summed E-state index contributed by atoms with van der Waals surface area (Å²) in [4.78, 5) is 11.2. The van der Waals surface area contributed by atoms with Crippen LogP contribution in [0.1, 0.15) is 17.5 Å². The number of carbonyl (C=O) groups is 1. The third-order valence-corrected chi connectivity index (χ3v) is 1.67. The lowest BCUT2D eigenvalue weighted by atomic mass is 10.2. The number of hydrogen-bond acceptors (Lipinski definition) is 6. The number of nitrogens with zero attached hydrogens (tertiary/aromatic N) is 3. The largest absolute Gasteiger partial charge is 0.392 e. The zero-order chi connectivity index (χ0) is 10.6. The maximum Gasteiger partial charge on any atom is 0.292 e. The Hall–Kier alpha value is -1.54. The van der Waals surface area contributed by atoms with E-state index < -0.39 is 18.1 Å². The van der Waals surface area contributed by atoms with E-state index in [-0.39, 0.29) is 12.4 Å². The molecule has 0 aliphatic carbocycles. The van der Waals surface area contributed by atoms with E-state index in [9.17, 15) is 4.79 Å². The van der Waals surface area contributed by atoms with Crippen molar-refractivity contribution in [3.8, 4) is 0 Å². The van der Waals surface area contributed by atoms with Crippen molar-refractivity contribution in [2.45, 2.75) is 19.1 Å². The molecule has 0 saturated heterocycles. The zero-order valence-electron chi connectivity index (χ0n) is 7.64. The quantitative estimate of drug-likeness (QED) is 0.430. The second kappa shape index (κ2) is 4.63. The molecular weight excluding hydrogens is 188 g/mol. The number of aromatic amines is 1. The molecule has 0 radical (unpaired) electrons. The molecule has 0 aliphatic heterocycles. The molecule has 2 unspecified atom stereocenters. The van der Waals surface area contributed by atoms with Gasteiger partial charge in [-0.1, -0.05) is 0 Å². The van der Waals surface area contributed by atoms with Crippen LogP contribution >= 0.6 is 0 Å². The lowest BCUT2D eigenvalue weighted by Crippen LogP contribution is -2.43. The number of hydrogen-bond donors (Lipinski definition) is 4. The molecule has 78 valence electrons. The van der Waals surface area contributed by atoms with Gasteiger partial charge in [0.2, 0.25) is 0 Å². The van der Waals surface area contributed by atoms with Crippen LogP contribution in [-0.2, 0) is 0 Å². The molecule has 1 heterocycles. The van der Waals surface area contributed by atoms with Crippen molar-refractivity contribution < 1.29 is 9.90 Å². The second-order valence-electron chi connectivity index (χ2n) is 2.85. The molecule has 0 bridgehead atoms. The molecule has 1 aromatic heterocycles. The number of aliphatic hydroxyl groups is 1. The maximum atomic E-state index is 11.2. The Kier molecular flexibility index (Phi) is 3.48. The minimum atomic E-state index is -0.680. The first-order valence-corrected chi connectivity index (χ1v) is 4.06. The molecule has 1 aromatic rings. The summed E-state index contributed by atoms with van der Waals surface area (Å²) in [5, 5.41) is 23.8. The monoisotopic (exact) mass is 200 g/mol. The van der Waals surface area contributed by atoms with Gasteiger partial charge in [0.1, 0.15) is 0 Å². The van der Waals surface area contributed by atoms with E-state index >= 15 is 0 Å². The fourth-order valence-electron chi connectivity index (χ4n) is 0.718. The van der Waals surface area contributed by atoms with Gasteiger partial charge in [0.15, 0.2) is 0 Å². The van der Waals surface area contributed by atoms with Crippen molar-refractivity contribution in [3.05, 3.63) is 5.82 Å². The predicted molar refractivity (Wildman–Crippen MR) is 46.2 cm³/mol. The van der Waals surface area contributed by atoms with Gasteiger partial charge in [0.05, 0.1) is 6.10 Å². The van der Waals surface area contributed by atoms with Crippen LogP contribution in [0, 0.1) is 0 Å². The number of carbonyl (C=O) groups excluding carboxylic acids is 1. The number of tetrazole rings is 1. The van der Waals surface area contributed by atoms with E-state index in [2.05, 4.69) is 25.9 Å². The Morgan fingerprint density at radius 2 is 2.50 bits per heavy atom.